The van der Waals surface area contributed by atoms with E-state index < -0.39 is 0 Å². The van der Waals surface area contributed by atoms with E-state index in [2.05, 4.69) is 33.1 Å². The first-order chi connectivity index (χ1) is 19.3. The average Bonchev–Trinajstić information content (AvgIpc) is 2.92. The van der Waals surface area contributed by atoms with Crippen molar-refractivity contribution >= 4 is 11.6 Å². The van der Waals surface area contributed by atoms with Crippen LogP contribution in [0.3, 0.4) is 0 Å². The summed E-state index contributed by atoms with van der Waals surface area (Å²) in [5.41, 5.74) is 4.80. The van der Waals surface area contributed by atoms with Crippen molar-refractivity contribution in [2.45, 2.75) is 97.4 Å². The van der Waals surface area contributed by atoms with E-state index in [0.717, 1.165) is 73.9 Å². The molecule has 3 fully saturated rings. The van der Waals surface area contributed by atoms with Gasteiger partial charge < -0.3 is 24.7 Å². The molecule has 40 heavy (non-hydrogen) atoms. The first-order valence-electron chi connectivity index (χ1n) is 15.2. The Bertz CT molecular complexity index is 1240. The summed E-state index contributed by atoms with van der Waals surface area (Å²) in [4.78, 5) is 34.0. The molecule has 2 saturated carbocycles. The maximum absolute atomic E-state index is 13.6. The number of benzene rings is 1. The molecule has 2 aliphatic carbocycles. The molecule has 0 spiro atoms. The topological polar surface area (TPSA) is 86.9 Å². The van der Waals surface area contributed by atoms with Gasteiger partial charge in [-0.15, -0.1) is 0 Å². The number of carbonyl (C=O) groups excluding carboxylic acids is 1. The number of hydrogen-bond acceptors (Lipinski definition) is 6. The molecule has 8 heteroatoms. The van der Waals surface area contributed by atoms with Crippen molar-refractivity contribution in [1.82, 2.24) is 15.2 Å². The highest BCUT2D eigenvalue weighted by Gasteiger charge is 2.36. The lowest BCUT2D eigenvalue weighted by atomic mass is 9.87. The van der Waals surface area contributed by atoms with Crippen LogP contribution in [-0.2, 0) is 11.3 Å². The number of carbonyl (C=O) groups is 1. The molecule has 0 radical (unpaired) electrons. The number of morpholine rings is 1. The molecule has 8 nitrogen and oxygen atoms in total. The van der Waals surface area contributed by atoms with Gasteiger partial charge in [-0.05, 0) is 63.8 Å². The standard InChI is InChI=1S/C32H46N4O4/c1-5-36(24-9-7-6-8-10-24)30-19-27(40-26-16-25(17-26)35-11-13-39-14-12-35)18-28(23(30)4)31(37)33-20-29-21(2)15-22(3)34-32(29)38/h15,18-19,24-26H,5-14,16-17,20H2,1-4H3,(H,33,37)(H,34,38). The SMILES string of the molecule is CCN(c1cc(OC2CC(N3CCOCC3)C2)cc(C(=O)NCc2c(C)cc(C)[nH]c2=O)c1C)C1CCCCC1. The molecule has 0 atom stereocenters. The van der Waals surface area contributed by atoms with E-state index in [9.17, 15) is 9.59 Å². The molecule has 1 aromatic heterocycles. The van der Waals surface area contributed by atoms with E-state index in [1.807, 2.05) is 32.9 Å². The molecular weight excluding hydrogens is 504 g/mol. The minimum Gasteiger partial charge on any atom is -0.490 e. The Morgan fingerprint density at radius 2 is 1.82 bits per heavy atom. The van der Waals surface area contributed by atoms with Crippen molar-refractivity contribution in [2.24, 2.45) is 0 Å². The number of amides is 1. The number of H-pyrrole nitrogens is 1. The van der Waals surface area contributed by atoms with Gasteiger partial charge in [-0.1, -0.05) is 19.3 Å². The number of hydrogen-bond donors (Lipinski definition) is 2. The lowest BCUT2D eigenvalue weighted by Gasteiger charge is -2.44. The van der Waals surface area contributed by atoms with Crippen LogP contribution in [0.15, 0.2) is 23.0 Å². The Balaban J connectivity index is 1.37. The molecule has 3 aliphatic rings. The second-order valence-electron chi connectivity index (χ2n) is 11.8. The molecule has 218 valence electrons. The largest absolute Gasteiger partial charge is 0.490 e. The third-order valence-electron chi connectivity index (χ3n) is 9.12. The van der Waals surface area contributed by atoms with Gasteiger partial charge in [-0.3, -0.25) is 14.5 Å². The summed E-state index contributed by atoms with van der Waals surface area (Å²) in [7, 11) is 0. The third-order valence-corrected chi connectivity index (χ3v) is 9.12. The summed E-state index contributed by atoms with van der Waals surface area (Å²) in [5, 5.41) is 3.03. The van der Waals surface area contributed by atoms with Crippen LogP contribution in [0.4, 0.5) is 5.69 Å². The monoisotopic (exact) mass is 550 g/mol. The molecule has 1 amide bonds. The molecule has 2 aromatic rings. The predicted molar refractivity (Wildman–Crippen MR) is 159 cm³/mol. The summed E-state index contributed by atoms with van der Waals surface area (Å²) < 4.78 is 12.1. The van der Waals surface area contributed by atoms with Gasteiger partial charge in [-0.2, -0.15) is 0 Å². The van der Waals surface area contributed by atoms with Crippen molar-refractivity contribution in [2.75, 3.05) is 37.7 Å². The van der Waals surface area contributed by atoms with Crippen molar-refractivity contribution in [3.05, 3.63) is 56.5 Å². The molecule has 5 rings (SSSR count). The summed E-state index contributed by atoms with van der Waals surface area (Å²) in [6.07, 6.45) is 8.31. The molecule has 2 N–H and O–H groups in total. The van der Waals surface area contributed by atoms with Gasteiger partial charge in [0.25, 0.3) is 11.5 Å². The maximum Gasteiger partial charge on any atom is 0.253 e. The van der Waals surface area contributed by atoms with Crippen LogP contribution in [0.5, 0.6) is 5.75 Å². The van der Waals surface area contributed by atoms with E-state index in [1.54, 1.807) is 0 Å². The highest BCUT2D eigenvalue weighted by Crippen LogP contribution is 2.37. The molecule has 1 aliphatic heterocycles. The number of nitrogens with one attached hydrogen (secondary N) is 2. The Hall–Kier alpha value is -2.84. The number of pyridine rings is 1. The number of rotatable bonds is 9. The summed E-state index contributed by atoms with van der Waals surface area (Å²) in [6.45, 7) is 12.7. The number of anilines is 1. The number of aromatic nitrogens is 1. The van der Waals surface area contributed by atoms with Gasteiger partial charge in [0, 0.05) is 79.7 Å². The van der Waals surface area contributed by atoms with Crippen LogP contribution < -0.4 is 20.5 Å². The lowest BCUT2D eigenvalue weighted by Crippen LogP contribution is -2.52. The number of aromatic amines is 1. The van der Waals surface area contributed by atoms with E-state index in [0.29, 0.717) is 23.2 Å². The van der Waals surface area contributed by atoms with Gasteiger partial charge in [0.2, 0.25) is 0 Å². The number of ether oxygens (including phenoxy) is 2. The molecule has 0 bridgehead atoms. The fraction of sp³-hybridized carbons (Fsp3) is 0.625. The smallest absolute Gasteiger partial charge is 0.253 e. The van der Waals surface area contributed by atoms with Gasteiger partial charge in [0.05, 0.1) is 13.2 Å². The minimum absolute atomic E-state index is 0.151. The highest BCUT2D eigenvalue weighted by atomic mass is 16.5. The van der Waals surface area contributed by atoms with E-state index in [-0.39, 0.29) is 24.1 Å². The van der Waals surface area contributed by atoms with Crippen LogP contribution in [0, 0.1) is 20.8 Å². The second-order valence-corrected chi connectivity index (χ2v) is 11.8. The number of aryl methyl sites for hydroxylation is 2. The van der Waals surface area contributed by atoms with Crippen LogP contribution in [-0.4, -0.2) is 66.8 Å². The van der Waals surface area contributed by atoms with E-state index in [4.69, 9.17) is 9.47 Å². The zero-order chi connectivity index (χ0) is 28.2. The van der Waals surface area contributed by atoms with Crippen molar-refractivity contribution < 1.29 is 14.3 Å². The quantitative estimate of drug-likeness (QED) is 0.474. The normalized spacial score (nSPS) is 22.0. The van der Waals surface area contributed by atoms with Crippen LogP contribution in [0.25, 0.3) is 0 Å². The predicted octanol–water partition coefficient (Wildman–Crippen LogP) is 4.63. The van der Waals surface area contributed by atoms with E-state index >= 15 is 0 Å². The van der Waals surface area contributed by atoms with Crippen LogP contribution >= 0.6 is 0 Å². The van der Waals surface area contributed by atoms with Crippen LogP contribution in [0.1, 0.15) is 84.6 Å². The van der Waals surface area contributed by atoms with Gasteiger partial charge in [0.1, 0.15) is 11.9 Å². The third kappa shape index (κ3) is 6.39. The van der Waals surface area contributed by atoms with Gasteiger partial charge in [-0.25, -0.2) is 0 Å². The first-order valence-corrected chi connectivity index (χ1v) is 15.2. The van der Waals surface area contributed by atoms with Crippen molar-refractivity contribution in [3.8, 4) is 5.75 Å². The Kier molecular flexibility index (Phi) is 9.16. The van der Waals surface area contributed by atoms with Crippen molar-refractivity contribution in [3.63, 3.8) is 0 Å². The zero-order valence-electron chi connectivity index (χ0n) is 24.7. The Morgan fingerprint density at radius 1 is 1.10 bits per heavy atom. The molecular formula is C32H46N4O4. The maximum atomic E-state index is 13.6. The summed E-state index contributed by atoms with van der Waals surface area (Å²) >= 11 is 0. The van der Waals surface area contributed by atoms with Crippen LogP contribution in [0.2, 0.25) is 0 Å². The molecule has 2 heterocycles. The van der Waals surface area contributed by atoms with Gasteiger partial charge in [0.15, 0.2) is 0 Å². The zero-order valence-corrected chi connectivity index (χ0v) is 24.7. The molecule has 1 saturated heterocycles. The minimum atomic E-state index is -0.178. The Labute approximate surface area is 238 Å². The van der Waals surface area contributed by atoms with Crippen molar-refractivity contribution in [1.29, 1.82) is 0 Å². The van der Waals surface area contributed by atoms with E-state index in [1.165, 1.54) is 32.1 Å². The molecule has 1 aromatic carbocycles. The fourth-order valence-electron chi connectivity index (χ4n) is 6.73. The molecule has 0 unspecified atom stereocenters. The average molecular weight is 551 g/mol. The Morgan fingerprint density at radius 3 is 2.50 bits per heavy atom. The number of nitrogens with zero attached hydrogens (tertiary/aromatic N) is 2. The summed E-state index contributed by atoms with van der Waals surface area (Å²) in [5.74, 6) is 0.581. The fourth-order valence-corrected chi connectivity index (χ4v) is 6.73. The highest BCUT2D eigenvalue weighted by molar-refractivity contribution is 5.97. The summed E-state index contributed by atoms with van der Waals surface area (Å²) in [6, 6.07) is 7.02. The first kappa shape index (κ1) is 28.7. The van der Waals surface area contributed by atoms with Gasteiger partial charge >= 0.3 is 0 Å². The lowest BCUT2D eigenvalue weighted by molar-refractivity contribution is -0.0373. The second kappa shape index (κ2) is 12.8.